The maximum atomic E-state index is 12.8. The van der Waals surface area contributed by atoms with Crippen molar-refractivity contribution in [1.82, 2.24) is 10.9 Å². The molecule has 0 radical (unpaired) electrons. The van der Waals surface area contributed by atoms with Gasteiger partial charge in [-0.3, -0.25) is 25.2 Å². The van der Waals surface area contributed by atoms with Crippen molar-refractivity contribution in [3.05, 3.63) is 131 Å². The molecule has 0 bridgehead atoms. The Morgan fingerprint density at radius 1 is 0.650 bits per heavy atom. The van der Waals surface area contributed by atoms with Crippen molar-refractivity contribution >= 4 is 23.4 Å². The van der Waals surface area contributed by atoms with Gasteiger partial charge in [-0.2, -0.15) is 0 Å². The molecule has 0 saturated heterocycles. The third-order valence-corrected chi connectivity index (χ3v) is 6.33. The molecular formula is C33H33N3O4. The normalized spacial score (nSPS) is 10.9. The first-order valence-electron chi connectivity index (χ1n) is 13.1. The van der Waals surface area contributed by atoms with Crippen LogP contribution in [0.2, 0.25) is 0 Å². The topological polar surface area (TPSA) is 96.5 Å². The Balaban J connectivity index is 1.29. The largest absolute Gasteiger partial charge is 0.492 e. The van der Waals surface area contributed by atoms with Crippen LogP contribution in [-0.4, -0.2) is 24.3 Å². The summed E-state index contributed by atoms with van der Waals surface area (Å²) in [6.45, 7) is 6.76. The molecule has 0 heterocycles. The van der Waals surface area contributed by atoms with Crippen LogP contribution in [0, 0.1) is 0 Å². The summed E-state index contributed by atoms with van der Waals surface area (Å²) >= 11 is 0. The third kappa shape index (κ3) is 7.57. The number of anilines is 1. The number of carbonyl (C=O) groups is 3. The van der Waals surface area contributed by atoms with E-state index in [1.807, 2.05) is 42.5 Å². The molecule has 7 nitrogen and oxygen atoms in total. The van der Waals surface area contributed by atoms with Crippen molar-refractivity contribution in [3.63, 3.8) is 0 Å². The van der Waals surface area contributed by atoms with E-state index in [-0.39, 0.29) is 11.3 Å². The Labute approximate surface area is 234 Å². The molecule has 4 aromatic carbocycles. The Kier molecular flexibility index (Phi) is 8.96. The number of carbonyl (C=O) groups excluding carboxylic acids is 3. The van der Waals surface area contributed by atoms with Crippen LogP contribution in [0.15, 0.2) is 103 Å². The maximum Gasteiger partial charge on any atom is 0.273 e. The highest BCUT2D eigenvalue weighted by molar-refractivity contribution is 6.05. The van der Waals surface area contributed by atoms with Crippen molar-refractivity contribution in [2.45, 2.75) is 32.6 Å². The lowest BCUT2D eigenvalue weighted by atomic mass is 9.87. The summed E-state index contributed by atoms with van der Waals surface area (Å²) in [7, 11) is 0. The molecule has 40 heavy (non-hydrogen) atoms. The molecule has 4 aromatic rings. The number of hydrogen-bond donors (Lipinski definition) is 3. The monoisotopic (exact) mass is 535 g/mol. The van der Waals surface area contributed by atoms with Gasteiger partial charge in [-0.15, -0.1) is 0 Å². The van der Waals surface area contributed by atoms with Gasteiger partial charge in [-0.1, -0.05) is 75.4 Å². The fourth-order valence-corrected chi connectivity index (χ4v) is 3.99. The van der Waals surface area contributed by atoms with Crippen molar-refractivity contribution in [2.24, 2.45) is 0 Å². The molecule has 0 spiro atoms. The van der Waals surface area contributed by atoms with Gasteiger partial charge in [0.25, 0.3) is 17.7 Å². The Bertz CT molecular complexity index is 1460. The third-order valence-electron chi connectivity index (χ3n) is 6.33. The summed E-state index contributed by atoms with van der Waals surface area (Å²) in [5.74, 6) is -0.801. The SMILES string of the molecule is CC(C)(C)c1ccc(C(=O)Nc2ccc(C(=O)NNC(=O)c3ccccc3OCCc3ccccc3)cc2)cc1. The standard InChI is InChI=1S/C33H33N3O4/c1-33(2,3)26-17-13-24(14-18-26)30(37)34-27-19-15-25(16-20-27)31(38)35-36-32(39)28-11-7-8-12-29(28)40-22-21-23-9-5-4-6-10-23/h4-20H,21-22H2,1-3H3,(H,34,37)(H,35,38)(H,36,39). The molecule has 7 heteroatoms. The van der Waals surface area contributed by atoms with Gasteiger partial charge < -0.3 is 10.1 Å². The minimum Gasteiger partial charge on any atom is -0.492 e. The van der Waals surface area contributed by atoms with Crippen LogP contribution in [0.1, 0.15) is 63.0 Å². The highest BCUT2D eigenvalue weighted by atomic mass is 16.5. The fourth-order valence-electron chi connectivity index (χ4n) is 3.99. The molecule has 0 saturated carbocycles. The van der Waals surface area contributed by atoms with Gasteiger partial charge in [-0.05, 0) is 65.1 Å². The van der Waals surface area contributed by atoms with Crippen molar-refractivity contribution in [1.29, 1.82) is 0 Å². The van der Waals surface area contributed by atoms with Crippen LogP contribution in [0.5, 0.6) is 5.75 Å². The Morgan fingerprint density at radius 2 is 1.23 bits per heavy atom. The highest BCUT2D eigenvalue weighted by Gasteiger charge is 2.16. The smallest absolute Gasteiger partial charge is 0.273 e. The zero-order chi connectivity index (χ0) is 28.5. The molecule has 3 amide bonds. The lowest BCUT2D eigenvalue weighted by molar-refractivity contribution is 0.0844. The zero-order valence-electron chi connectivity index (χ0n) is 22.9. The second-order valence-electron chi connectivity index (χ2n) is 10.3. The van der Waals surface area contributed by atoms with Gasteiger partial charge in [0.2, 0.25) is 0 Å². The van der Waals surface area contributed by atoms with Crippen molar-refractivity contribution in [2.75, 3.05) is 11.9 Å². The van der Waals surface area contributed by atoms with Crippen LogP contribution in [-0.2, 0) is 11.8 Å². The highest BCUT2D eigenvalue weighted by Crippen LogP contribution is 2.23. The number of hydrogen-bond acceptors (Lipinski definition) is 4. The maximum absolute atomic E-state index is 12.8. The van der Waals surface area contributed by atoms with E-state index >= 15 is 0 Å². The summed E-state index contributed by atoms with van der Waals surface area (Å²) in [5, 5.41) is 2.83. The van der Waals surface area contributed by atoms with Gasteiger partial charge in [0.15, 0.2) is 0 Å². The first-order valence-corrected chi connectivity index (χ1v) is 13.1. The average molecular weight is 536 g/mol. The van der Waals surface area contributed by atoms with Gasteiger partial charge in [0.05, 0.1) is 12.2 Å². The second kappa shape index (κ2) is 12.8. The summed E-state index contributed by atoms with van der Waals surface area (Å²) in [6.07, 6.45) is 0.702. The van der Waals surface area contributed by atoms with Gasteiger partial charge in [0, 0.05) is 23.2 Å². The van der Waals surface area contributed by atoms with Crippen LogP contribution < -0.4 is 20.9 Å². The van der Waals surface area contributed by atoms with E-state index in [2.05, 4.69) is 36.9 Å². The van der Waals surface area contributed by atoms with Crippen LogP contribution in [0.4, 0.5) is 5.69 Å². The lowest BCUT2D eigenvalue weighted by Gasteiger charge is -2.19. The molecule has 0 aromatic heterocycles. The first kappa shape index (κ1) is 28.1. The van der Waals surface area contributed by atoms with E-state index < -0.39 is 11.8 Å². The zero-order valence-corrected chi connectivity index (χ0v) is 22.9. The predicted molar refractivity (Wildman–Crippen MR) is 157 cm³/mol. The number of amides is 3. The van der Waals surface area contributed by atoms with E-state index in [1.54, 1.807) is 60.7 Å². The molecule has 0 unspecified atom stereocenters. The molecule has 3 N–H and O–H groups in total. The molecule has 4 rings (SSSR count). The van der Waals surface area contributed by atoms with Gasteiger partial charge in [0.1, 0.15) is 5.75 Å². The number of nitrogens with one attached hydrogen (secondary N) is 3. The van der Waals surface area contributed by atoms with E-state index in [1.165, 1.54) is 0 Å². The summed E-state index contributed by atoms with van der Waals surface area (Å²) < 4.78 is 5.84. The lowest BCUT2D eigenvalue weighted by Crippen LogP contribution is -2.41. The fraction of sp³-hybridized carbons (Fsp3) is 0.182. The minimum absolute atomic E-state index is 0.00453. The molecular weight excluding hydrogens is 502 g/mol. The van der Waals surface area contributed by atoms with E-state index in [4.69, 9.17) is 4.74 Å². The van der Waals surface area contributed by atoms with Crippen LogP contribution >= 0.6 is 0 Å². The number of para-hydroxylation sites is 1. The molecule has 0 aliphatic carbocycles. The average Bonchev–Trinajstić information content (AvgIpc) is 2.96. The van der Waals surface area contributed by atoms with Crippen LogP contribution in [0.25, 0.3) is 0 Å². The molecule has 0 atom stereocenters. The summed E-state index contributed by atoms with van der Waals surface area (Å²) in [5.41, 5.74) is 8.87. The number of hydrazine groups is 1. The quantitative estimate of drug-likeness (QED) is 0.244. The molecule has 0 fully saturated rings. The number of benzene rings is 4. The number of rotatable bonds is 8. The van der Waals surface area contributed by atoms with Crippen LogP contribution in [0.3, 0.4) is 0 Å². The number of ether oxygens (including phenoxy) is 1. The molecule has 0 aliphatic heterocycles. The second-order valence-corrected chi connectivity index (χ2v) is 10.3. The van der Waals surface area contributed by atoms with E-state index in [9.17, 15) is 14.4 Å². The first-order chi connectivity index (χ1) is 19.2. The summed E-state index contributed by atoms with van der Waals surface area (Å²) in [6, 6.07) is 30.7. The van der Waals surface area contributed by atoms with Gasteiger partial charge in [-0.25, -0.2) is 0 Å². The molecule has 204 valence electrons. The van der Waals surface area contributed by atoms with E-state index in [0.717, 1.165) is 11.1 Å². The Hall–Kier alpha value is -4.91. The molecule has 0 aliphatic rings. The summed E-state index contributed by atoms with van der Waals surface area (Å²) in [4.78, 5) is 38.0. The van der Waals surface area contributed by atoms with E-state index in [0.29, 0.717) is 41.2 Å². The predicted octanol–water partition coefficient (Wildman–Crippen LogP) is 5.93. The van der Waals surface area contributed by atoms with Gasteiger partial charge >= 0.3 is 0 Å². The Morgan fingerprint density at radius 3 is 1.90 bits per heavy atom. The van der Waals surface area contributed by atoms with Crippen molar-refractivity contribution in [3.8, 4) is 5.75 Å². The van der Waals surface area contributed by atoms with Crippen molar-refractivity contribution < 1.29 is 19.1 Å². The minimum atomic E-state index is -0.495.